The molecule has 0 spiro atoms. The van der Waals surface area contributed by atoms with Crippen LogP contribution in [0.3, 0.4) is 0 Å². The number of nitrogens with zero attached hydrogens (tertiary/aromatic N) is 4. The average Bonchev–Trinajstić information content (AvgIpc) is 3.50. The molecule has 0 bridgehead atoms. The lowest BCUT2D eigenvalue weighted by Crippen LogP contribution is -2.41. The van der Waals surface area contributed by atoms with E-state index in [-0.39, 0.29) is 31.5 Å². The van der Waals surface area contributed by atoms with Crippen LogP contribution in [0.2, 0.25) is 4.34 Å². The minimum atomic E-state index is -0.590. The van der Waals surface area contributed by atoms with Crippen molar-refractivity contribution in [3.63, 3.8) is 0 Å². The van der Waals surface area contributed by atoms with E-state index < -0.39 is 6.09 Å². The number of aromatic nitrogens is 3. The molecule has 4 heterocycles. The van der Waals surface area contributed by atoms with E-state index in [9.17, 15) is 9.59 Å². The number of nitrogens with one attached hydrogen (secondary N) is 1. The van der Waals surface area contributed by atoms with Gasteiger partial charge in [-0.15, -0.1) is 12.4 Å². The third kappa shape index (κ3) is 5.85. The molecular formula is C24H21Cl2N5O4S. The molecule has 5 rings (SSSR count). The fourth-order valence-electron chi connectivity index (χ4n) is 3.64. The van der Waals surface area contributed by atoms with Gasteiger partial charge in [0.15, 0.2) is 5.06 Å². The van der Waals surface area contributed by atoms with Gasteiger partial charge in [0.05, 0.1) is 22.3 Å². The van der Waals surface area contributed by atoms with Crippen molar-refractivity contribution in [2.75, 3.05) is 24.7 Å². The summed E-state index contributed by atoms with van der Waals surface area (Å²) in [4.78, 5) is 30.3. The minimum absolute atomic E-state index is 0. The summed E-state index contributed by atoms with van der Waals surface area (Å²) >= 11 is 7.07. The monoisotopic (exact) mass is 545 g/mol. The normalized spacial score (nSPS) is 13.2. The number of amides is 2. The quantitative estimate of drug-likeness (QED) is 0.376. The molecule has 9 nitrogen and oxygen atoms in total. The Bertz CT molecular complexity index is 1340. The SMILES string of the molecule is Cl.O=C(NCc1cn(-c2ccc(N3CCOCC3=O)cc2)nc1-c1cccnc1)Oc1ccc(Cl)s1. The number of carbonyl (C=O) groups excluding carboxylic acids is 2. The van der Waals surface area contributed by atoms with E-state index in [4.69, 9.17) is 26.2 Å². The molecule has 3 aromatic heterocycles. The highest BCUT2D eigenvalue weighted by Gasteiger charge is 2.20. The number of ether oxygens (including phenoxy) is 2. The topological polar surface area (TPSA) is 98.6 Å². The van der Waals surface area contributed by atoms with Gasteiger partial charge in [-0.3, -0.25) is 9.78 Å². The standard InChI is InChI=1S/C24H20ClN5O4S.ClH/c25-20-7-8-22(35-20)34-24(32)27-13-17-14-30(28-23(17)16-2-1-9-26-12-16)19-5-3-18(4-6-19)29-10-11-33-15-21(29)31;/h1-9,12,14H,10-11,13,15H2,(H,27,32);1H. The van der Waals surface area contributed by atoms with Crippen LogP contribution in [0.4, 0.5) is 10.5 Å². The second-order valence-electron chi connectivity index (χ2n) is 7.61. The van der Waals surface area contributed by atoms with Crippen LogP contribution in [0, 0.1) is 0 Å². The van der Waals surface area contributed by atoms with Gasteiger partial charge in [-0.05, 0) is 48.5 Å². The van der Waals surface area contributed by atoms with E-state index in [1.807, 2.05) is 42.6 Å². The van der Waals surface area contributed by atoms with Crippen LogP contribution in [0.15, 0.2) is 67.1 Å². The van der Waals surface area contributed by atoms with Gasteiger partial charge in [-0.25, -0.2) is 9.48 Å². The highest BCUT2D eigenvalue weighted by atomic mass is 35.5. The van der Waals surface area contributed by atoms with E-state index >= 15 is 0 Å². The summed E-state index contributed by atoms with van der Waals surface area (Å²) in [6, 6.07) is 14.6. The molecule has 0 radical (unpaired) electrons. The highest BCUT2D eigenvalue weighted by Crippen LogP contribution is 2.28. The Morgan fingerprint density at radius 3 is 2.67 bits per heavy atom. The van der Waals surface area contributed by atoms with Crippen LogP contribution in [-0.2, 0) is 16.1 Å². The average molecular weight is 546 g/mol. The van der Waals surface area contributed by atoms with Gasteiger partial charge in [0.1, 0.15) is 6.61 Å². The van der Waals surface area contributed by atoms with Crippen LogP contribution >= 0.6 is 35.3 Å². The second kappa shape index (κ2) is 11.5. The number of anilines is 1. The molecular weight excluding hydrogens is 525 g/mol. The number of benzene rings is 1. The molecule has 36 heavy (non-hydrogen) atoms. The van der Waals surface area contributed by atoms with Crippen molar-refractivity contribution in [3.05, 3.63) is 77.0 Å². The lowest BCUT2D eigenvalue weighted by Gasteiger charge is -2.26. The van der Waals surface area contributed by atoms with Crippen molar-refractivity contribution < 1.29 is 19.1 Å². The molecule has 1 aliphatic heterocycles. The van der Waals surface area contributed by atoms with Crippen molar-refractivity contribution in [2.24, 2.45) is 0 Å². The van der Waals surface area contributed by atoms with Crippen LogP contribution in [0.1, 0.15) is 5.56 Å². The molecule has 0 saturated carbocycles. The van der Waals surface area contributed by atoms with Gasteiger partial charge in [-0.2, -0.15) is 5.10 Å². The zero-order chi connectivity index (χ0) is 24.2. The van der Waals surface area contributed by atoms with E-state index in [1.165, 1.54) is 11.3 Å². The highest BCUT2D eigenvalue weighted by molar-refractivity contribution is 7.17. The van der Waals surface area contributed by atoms with Gasteiger partial charge >= 0.3 is 6.09 Å². The molecule has 12 heteroatoms. The molecule has 1 N–H and O–H groups in total. The van der Waals surface area contributed by atoms with Crippen LogP contribution in [-0.4, -0.2) is 46.5 Å². The maximum Gasteiger partial charge on any atom is 0.413 e. The maximum atomic E-state index is 12.3. The summed E-state index contributed by atoms with van der Waals surface area (Å²) in [6.45, 7) is 1.32. The Morgan fingerprint density at radius 1 is 1.17 bits per heavy atom. The van der Waals surface area contributed by atoms with Crippen molar-refractivity contribution >= 4 is 53.0 Å². The largest absolute Gasteiger partial charge is 0.413 e. The number of carbonyl (C=O) groups is 2. The summed E-state index contributed by atoms with van der Waals surface area (Å²) < 4.78 is 12.8. The molecule has 0 atom stereocenters. The van der Waals surface area contributed by atoms with Crippen LogP contribution in [0.5, 0.6) is 5.06 Å². The Balaban J connectivity index is 0.00000304. The van der Waals surface area contributed by atoms with Gasteiger partial charge in [0.25, 0.3) is 5.91 Å². The number of hydrogen-bond donors (Lipinski definition) is 1. The number of thiophene rings is 1. The Kier molecular flexibility index (Phi) is 8.21. The third-order valence-corrected chi connectivity index (χ3v) is 6.41. The van der Waals surface area contributed by atoms with Crippen molar-refractivity contribution in [3.8, 4) is 22.0 Å². The van der Waals surface area contributed by atoms with E-state index in [1.54, 1.807) is 34.1 Å². The first-order valence-electron chi connectivity index (χ1n) is 10.8. The number of rotatable bonds is 6. The first-order chi connectivity index (χ1) is 17.1. The summed E-state index contributed by atoms with van der Waals surface area (Å²) in [7, 11) is 0. The smallest absolute Gasteiger partial charge is 0.399 e. The molecule has 1 fully saturated rings. The van der Waals surface area contributed by atoms with Crippen molar-refractivity contribution in [1.29, 1.82) is 0 Å². The number of pyridine rings is 1. The Morgan fingerprint density at radius 2 is 1.97 bits per heavy atom. The summed E-state index contributed by atoms with van der Waals surface area (Å²) in [5.74, 6) is -0.0629. The minimum Gasteiger partial charge on any atom is -0.399 e. The zero-order valence-electron chi connectivity index (χ0n) is 18.8. The molecule has 0 aliphatic carbocycles. The summed E-state index contributed by atoms with van der Waals surface area (Å²) in [6.07, 6.45) is 4.66. The summed E-state index contributed by atoms with van der Waals surface area (Å²) in [5, 5.41) is 7.91. The Hall–Kier alpha value is -3.44. The van der Waals surface area contributed by atoms with E-state index in [2.05, 4.69) is 10.3 Å². The number of halogens is 2. The predicted octanol–water partition coefficient (Wildman–Crippen LogP) is 4.72. The van der Waals surface area contributed by atoms with Gasteiger partial charge in [0, 0.05) is 48.5 Å². The maximum absolute atomic E-state index is 12.3. The molecule has 1 saturated heterocycles. The fraction of sp³-hybridized carbons (Fsp3) is 0.167. The van der Waals surface area contributed by atoms with Crippen LogP contribution in [0.25, 0.3) is 16.9 Å². The van der Waals surface area contributed by atoms with E-state index in [0.29, 0.717) is 28.2 Å². The molecule has 4 aromatic rings. The molecule has 2 amide bonds. The second-order valence-corrected chi connectivity index (χ2v) is 9.28. The molecule has 1 aliphatic rings. The fourth-order valence-corrected chi connectivity index (χ4v) is 4.51. The van der Waals surface area contributed by atoms with E-state index in [0.717, 1.165) is 22.5 Å². The first kappa shape index (κ1) is 25.6. The zero-order valence-corrected chi connectivity index (χ0v) is 21.2. The van der Waals surface area contributed by atoms with Crippen molar-refractivity contribution in [1.82, 2.24) is 20.1 Å². The number of hydrogen-bond acceptors (Lipinski definition) is 7. The first-order valence-corrected chi connectivity index (χ1v) is 11.9. The lowest BCUT2D eigenvalue weighted by molar-refractivity contribution is -0.125. The molecule has 1 aromatic carbocycles. The predicted molar refractivity (Wildman–Crippen MR) is 139 cm³/mol. The molecule has 0 unspecified atom stereocenters. The van der Waals surface area contributed by atoms with Crippen LogP contribution < -0.4 is 15.0 Å². The van der Waals surface area contributed by atoms with Gasteiger partial charge in [0.2, 0.25) is 0 Å². The Labute approximate surface area is 222 Å². The van der Waals surface area contributed by atoms with Gasteiger partial charge in [-0.1, -0.05) is 22.9 Å². The molecule has 186 valence electrons. The third-order valence-electron chi connectivity index (χ3n) is 5.30. The van der Waals surface area contributed by atoms with Gasteiger partial charge < -0.3 is 19.7 Å². The number of morpholine rings is 1. The lowest BCUT2D eigenvalue weighted by atomic mass is 10.1. The van der Waals surface area contributed by atoms with Crippen molar-refractivity contribution in [2.45, 2.75) is 6.54 Å². The summed E-state index contributed by atoms with van der Waals surface area (Å²) in [5.41, 5.74) is 3.90.